The van der Waals surface area contributed by atoms with Gasteiger partial charge in [-0.25, -0.2) is 0 Å². The lowest BCUT2D eigenvalue weighted by atomic mass is 9.91. The normalized spacial score (nSPS) is 35.7. The maximum Gasteiger partial charge on any atom is 0.236 e. The summed E-state index contributed by atoms with van der Waals surface area (Å²) in [6, 6.07) is 0.613. The summed E-state index contributed by atoms with van der Waals surface area (Å²) in [5.74, 6) is 0.646. The SMILES string of the molecule is CC1C=C(I)NC(C)C1N1CCNCC1=O. The van der Waals surface area contributed by atoms with Crippen molar-refractivity contribution >= 4 is 28.5 Å². The zero-order valence-electron chi connectivity index (χ0n) is 9.66. The van der Waals surface area contributed by atoms with Crippen LogP contribution < -0.4 is 10.6 Å². The molecular weight excluding hydrogens is 317 g/mol. The number of halogens is 1. The fraction of sp³-hybridized carbons (Fsp3) is 0.727. The lowest BCUT2D eigenvalue weighted by Crippen LogP contribution is -2.60. The molecule has 0 spiro atoms. The number of rotatable bonds is 1. The Balaban J connectivity index is 2.16. The van der Waals surface area contributed by atoms with E-state index < -0.39 is 0 Å². The topological polar surface area (TPSA) is 44.4 Å². The number of carbonyl (C=O) groups is 1. The van der Waals surface area contributed by atoms with Crippen molar-refractivity contribution in [2.75, 3.05) is 19.6 Å². The third-order valence-electron chi connectivity index (χ3n) is 3.31. The standard InChI is InChI=1S/C11H18IN3O/c1-7-5-9(12)14-8(2)11(7)15-4-3-13-6-10(15)16/h5,7-8,11,13-14H,3-4,6H2,1-2H3. The average Bonchev–Trinajstić information content (AvgIpc) is 2.19. The van der Waals surface area contributed by atoms with Crippen LogP contribution >= 0.6 is 22.6 Å². The minimum absolute atomic E-state index is 0.224. The maximum atomic E-state index is 11.9. The van der Waals surface area contributed by atoms with Gasteiger partial charge in [0.1, 0.15) is 0 Å². The van der Waals surface area contributed by atoms with Gasteiger partial charge in [0.25, 0.3) is 0 Å². The Morgan fingerprint density at radius 2 is 2.25 bits per heavy atom. The Bertz CT molecular complexity index is 318. The molecule has 1 fully saturated rings. The first-order valence-corrected chi connectivity index (χ1v) is 6.81. The number of amides is 1. The van der Waals surface area contributed by atoms with Crippen molar-refractivity contribution in [2.45, 2.75) is 25.9 Å². The number of nitrogens with zero attached hydrogens (tertiary/aromatic N) is 1. The Labute approximate surface area is 110 Å². The highest BCUT2D eigenvalue weighted by molar-refractivity contribution is 14.1. The predicted molar refractivity (Wildman–Crippen MR) is 72.2 cm³/mol. The van der Waals surface area contributed by atoms with Crippen molar-refractivity contribution in [3.8, 4) is 0 Å². The third-order valence-corrected chi connectivity index (χ3v) is 3.98. The molecule has 0 saturated carbocycles. The van der Waals surface area contributed by atoms with Crippen molar-refractivity contribution in [1.82, 2.24) is 15.5 Å². The van der Waals surface area contributed by atoms with Crippen LogP contribution in [0.4, 0.5) is 0 Å². The number of carbonyl (C=O) groups excluding carboxylic acids is 1. The van der Waals surface area contributed by atoms with Crippen molar-refractivity contribution < 1.29 is 4.79 Å². The molecule has 5 heteroatoms. The van der Waals surface area contributed by atoms with Crippen LogP contribution in [0, 0.1) is 5.92 Å². The largest absolute Gasteiger partial charge is 0.376 e. The van der Waals surface area contributed by atoms with Crippen molar-refractivity contribution in [3.05, 3.63) is 9.78 Å². The fourth-order valence-corrected chi connectivity index (χ4v) is 3.68. The Morgan fingerprint density at radius 1 is 1.50 bits per heavy atom. The van der Waals surface area contributed by atoms with Crippen LogP contribution in [0.15, 0.2) is 9.78 Å². The highest BCUT2D eigenvalue weighted by Gasteiger charge is 2.35. The van der Waals surface area contributed by atoms with Crippen LogP contribution in [0.2, 0.25) is 0 Å². The second-order valence-corrected chi connectivity index (χ2v) is 5.72. The first-order chi connectivity index (χ1) is 7.59. The number of hydrogen-bond donors (Lipinski definition) is 2. The molecule has 2 aliphatic rings. The smallest absolute Gasteiger partial charge is 0.236 e. The molecular formula is C11H18IN3O. The summed E-state index contributed by atoms with van der Waals surface area (Å²) in [5, 5.41) is 6.52. The van der Waals surface area contributed by atoms with Crippen LogP contribution in [0.25, 0.3) is 0 Å². The van der Waals surface area contributed by atoms with Gasteiger partial charge in [-0.3, -0.25) is 4.79 Å². The van der Waals surface area contributed by atoms with E-state index in [4.69, 9.17) is 0 Å². The van der Waals surface area contributed by atoms with Gasteiger partial charge in [-0.1, -0.05) is 6.92 Å². The molecule has 0 aromatic carbocycles. The summed E-state index contributed by atoms with van der Waals surface area (Å²) in [6.07, 6.45) is 2.21. The molecule has 4 nitrogen and oxygen atoms in total. The van der Waals surface area contributed by atoms with E-state index >= 15 is 0 Å². The third kappa shape index (κ3) is 2.34. The fourth-order valence-electron chi connectivity index (χ4n) is 2.63. The number of piperazine rings is 1. The van der Waals surface area contributed by atoms with Gasteiger partial charge >= 0.3 is 0 Å². The summed E-state index contributed by atoms with van der Waals surface area (Å²) in [4.78, 5) is 13.9. The van der Waals surface area contributed by atoms with Gasteiger partial charge in [0, 0.05) is 19.1 Å². The van der Waals surface area contributed by atoms with Gasteiger partial charge in [0.2, 0.25) is 5.91 Å². The molecule has 0 aromatic rings. The molecule has 2 rings (SSSR count). The molecule has 1 amide bonds. The molecule has 2 aliphatic heterocycles. The van der Waals surface area contributed by atoms with Gasteiger partial charge in [-0.15, -0.1) is 0 Å². The lowest BCUT2D eigenvalue weighted by molar-refractivity contribution is -0.135. The molecule has 0 radical (unpaired) electrons. The minimum atomic E-state index is 0.224. The number of hydrogen-bond acceptors (Lipinski definition) is 3. The molecule has 0 aliphatic carbocycles. The highest BCUT2D eigenvalue weighted by Crippen LogP contribution is 2.25. The summed E-state index contributed by atoms with van der Waals surface area (Å²) >= 11 is 2.31. The van der Waals surface area contributed by atoms with E-state index in [0.717, 1.165) is 13.1 Å². The monoisotopic (exact) mass is 335 g/mol. The van der Waals surface area contributed by atoms with Gasteiger partial charge in [-0.2, -0.15) is 0 Å². The maximum absolute atomic E-state index is 11.9. The van der Waals surface area contributed by atoms with Gasteiger partial charge < -0.3 is 15.5 Å². The van der Waals surface area contributed by atoms with Crippen LogP contribution in [-0.2, 0) is 4.79 Å². The highest BCUT2D eigenvalue weighted by atomic mass is 127. The van der Waals surface area contributed by atoms with E-state index in [1.165, 1.54) is 3.70 Å². The molecule has 2 heterocycles. The summed E-state index contributed by atoms with van der Waals surface area (Å²) in [7, 11) is 0. The van der Waals surface area contributed by atoms with E-state index in [9.17, 15) is 4.79 Å². The van der Waals surface area contributed by atoms with E-state index in [2.05, 4.69) is 53.1 Å². The predicted octanol–water partition coefficient (Wildman–Crippen LogP) is 0.691. The van der Waals surface area contributed by atoms with Crippen molar-refractivity contribution in [1.29, 1.82) is 0 Å². The van der Waals surface area contributed by atoms with E-state index in [-0.39, 0.29) is 11.9 Å². The van der Waals surface area contributed by atoms with Gasteiger partial charge in [0.05, 0.1) is 16.3 Å². The zero-order chi connectivity index (χ0) is 11.7. The Hall–Kier alpha value is -0.300. The van der Waals surface area contributed by atoms with Crippen molar-refractivity contribution in [3.63, 3.8) is 0 Å². The van der Waals surface area contributed by atoms with Gasteiger partial charge in [-0.05, 0) is 41.5 Å². The summed E-state index contributed by atoms with van der Waals surface area (Å²) in [6.45, 7) is 6.56. The van der Waals surface area contributed by atoms with Crippen molar-refractivity contribution in [2.24, 2.45) is 5.92 Å². The summed E-state index contributed by atoms with van der Waals surface area (Å²) < 4.78 is 1.19. The van der Waals surface area contributed by atoms with Gasteiger partial charge in [0.15, 0.2) is 0 Å². The zero-order valence-corrected chi connectivity index (χ0v) is 11.8. The molecule has 0 aromatic heterocycles. The Kier molecular flexibility index (Phi) is 3.73. The molecule has 3 atom stereocenters. The minimum Gasteiger partial charge on any atom is -0.376 e. The molecule has 0 bridgehead atoms. The Morgan fingerprint density at radius 3 is 2.88 bits per heavy atom. The van der Waals surface area contributed by atoms with Crippen LogP contribution in [-0.4, -0.2) is 42.5 Å². The van der Waals surface area contributed by atoms with Crippen LogP contribution in [0.3, 0.4) is 0 Å². The van der Waals surface area contributed by atoms with E-state index in [1.54, 1.807) is 0 Å². The summed E-state index contributed by atoms with van der Waals surface area (Å²) in [5.41, 5.74) is 0. The molecule has 16 heavy (non-hydrogen) atoms. The molecule has 2 N–H and O–H groups in total. The first-order valence-electron chi connectivity index (χ1n) is 5.73. The van der Waals surface area contributed by atoms with E-state index in [0.29, 0.717) is 18.5 Å². The van der Waals surface area contributed by atoms with E-state index in [1.807, 2.05) is 4.90 Å². The second kappa shape index (κ2) is 4.91. The average molecular weight is 335 g/mol. The molecule has 90 valence electrons. The molecule has 1 saturated heterocycles. The first kappa shape index (κ1) is 12.2. The lowest BCUT2D eigenvalue weighted by Gasteiger charge is -2.43. The second-order valence-electron chi connectivity index (χ2n) is 4.56. The van der Waals surface area contributed by atoms with Crippen LogP contribution in [0.1, 0.15) is 13.8 Å². The molecule has 3 unspecified atom stereocenters. The van der Waals surface area contributed by atoms with Crippen LogP contribution in [0.5, 0.6) is 0 Å². The number of nitrogens with one attached hydrogen (secondary N) is 2. The quantitative estimate of drug-likeness (QED) is 0.548.